The van der Waals surface area contributed by atoms with E-state index >= 15 is 0 Å². The fraction of sp³-hybridized carbons (Fsp3) is 0.348. The van der Waals surface area contributed by atoms with E-state index in [1.165, 1.54) is 0 Å². The van der Waals surface area contributed by atoms with Gasteiger partial charge < -0.3 is 18.8 Å². The first-order valence-corrected chi connectivity index (χ1v) is 10.5. The molecule has 1 aliphatic heterocycles. The summed E-state index contributed by atoms with van der Waals surface area (Å²) in [4.78, 5) is 18.5. The molecule has 1 aromatic carbocycles. The van der Waals surface area contributed by atoms with E-state index in [1.54, 1.807) is 17.8 Å². The second kappa shape index (κ2) is 8.39. The number of ether oxygens (including phenoxy) is 2. The van der Waals surface area contributed by atoms with E-state index in [9.17, 15) is 4.79 Å². The van der Waals surface area contributed by atoms with Crippen LogP contribution >= 0.6 is 0 Å². The first-order valence-electron chi connectivity index (χ1n) is 10.5. The SMILES string of the molecule is COCC(=O)N1CCCC1CCOc1ccc2ncc(-c3cc4ccccc4o3)n2n1. The van der Waals surface area contributed by atoms with E-state index in [2.05, 4.69) is 10.1 Å². The van der Waals surface area contributed by atoms with E-state index < -0.39 is 0 Å². The molecule has 160 valence electrons. The quantitative estimate of drug-likeness (QED) is 0.455. The van der Waals surface area contributed by atoms with Gasteiger partial charge in [0.15, 0.2) is 11.4 Å². The number of fused-ring (bicyclic) bond motifs is 2. The molecule has 1 aliphatic rings. The molecule has 1 atom stereocenters. The van der Waals surface area contributed by atoms with Gasteiger partial charge in [0, 0.05) is 37.6 Å². The molecule has 31 heavy (non-hydrogen) atoms. The van der Waals surface area contributed by atoms with Gasteiger partial charge in [-0.3, -0.25) is 4.79 Å². The Bertz CT molecular complexity index is 1180. The number of imidazole rings is 1. The summed E-state index contributed by atoms with van der Waals surface area (Å²) in [5.41, 5.74) is 2.31. The number of carbonyl (C=O) groups is 1. The highest BCUT2D eigenvalue weighted by Crippen LogP contribution is 2.28. The number of amides is 1. The Hall–Kier alpha value is -3.39. The van der Waals surface area contributed by atoms with E-state index in [1.807, 2.05) is 47.4 Å². The maximum absolute atomic E-state index is 12.2. The van der Waals surface area contributed by atoms with Crippen LogP contribution in [0.15, 0.2) is 53.1 Å². The van der Waals surface area contributed by atoms with Crippen LogP contribution in [0.5, 0.6) is 5.88 Å². The number of rotatable bonds is 7. The number of benzene rings is 1. The number of furan rings is 1. The average Bonchev–Trinajstić information content (AvgIpc) is 3.51. The standard InChI is InChI=1S/C23H24N4O4/c1-29-15-23(28)26-11-4-6-17(26)10-12-30-22-9-8-21-24-14-18(27(21)25-22)20-13-16-5-2-3-7-19(16)31-20/h2-3,5,7-9,13-14,17H,4,6,10-12,15H2,1H3. The molecule has 0 N–H and O–H groups in total. The molecule has 1 saturated heterocycles. The van der Waals surface area contributed by atoms with Crippen molar-refractivity contribution in [3.8, 4) is 17.3 Å². The molecule has 5 rings (SSSR count). The number of hydrogen-bond acceptors (Lipinski definition) is 6. The summed E-state index contributed by atoms with van der Waals surface area (Å²) in [6, 6.07) is 13.7. The number of hydrogen-bond donors (Lipinski definition) is 0. The smallest absolute Gasteiger partial charge is 0.248 e. The minimum atomic E-state index is 0.0402. The summed E-state index contributed by atoms with van der Waals surface area (Å²) in [6.45, 7) is 1.39. The molecular weight excluding hydrogens is 396 g/mol. The summed E-state index contributed by atoms with van der Waals surface area (Å²) in [5, 5.41) is 5.63. The van der Waals surface area contributed by atoms with Crippen LogP contribution in [0.4, 0.5) is 0 Å². The molecule has 8 heteroatoms. The number of aromatic nitrogens is 3. The van der Waals surface area contributed by atoms with Gasteiger partial charge in [-0.1, -0.05) is 18.2 Å². The highest BCUT2D eigenvalue weighted by atomic mass is 16.5. The summed E-state index contributed by atoms with van der Waals surface area (Å²) in [6.07, 6.45) is 4.51. The number of carbonyl (C=O) groups excluding carboxylic acids is 1. The van der Waals surface area contributed by atoms with Gasteiger partial charge in [0.05, 0.1) is 12.8 Å². The minimum Gasteiger partial charge on any atom is -0.477 e. The van der Waals surface area contributed by atoms with Crippen molar-refractivity contribution in [3.05, 3.63) is 48.7 Å². The van der Waals surface area contributed by atoms with Gasteiger partial charge in [-0.25, -0.2) is 9.50 Å². The van der Waals surface area contributed by atoms with Crippen molar-refractivity contribution in [1.29, 1.82) is 0 Å². The van der Waals surface area contributed by atoms with Crippen LogP contribution in [-0.4, -0.2) is 58.3 Å². The van der Waals surface area contributed by atoms with Crippen LogP contribution in [-0.2, 0) is 9.53 Å². The van der Waals surface area contributed by atoms with Crippen molar-refractivity contribution in [2.45, 2.75) is 25.3 Å². The van der Waals surface area contributed by atoms with E-state index in [-0.39, 0.29) is 18.6 Å². The van der Waals surface area contributed by atoms with Crippen molar-refractivity contribution >= 4 is 22.5 Å². The second-order valence-corrected chi connectivity index (χ2v) is 7.69. The van der Waals surface area contributed by atoms with Crippen molar-refractivity contribution in [2.24, 2.45) is 0 Å². The lowest BCUT2D eigenvalue weighted by Gasteiger charge is -2.24. The number of methoxy groups -OCH3 is 1. The van der Waals surface area contributed by atoms with Gasteiger partial charge >= 0.3 is 0 Å². The molecule has 8 nitrogen and oxygen atoms in total. The van der Waals surface area contributed by atoms with Crippen molar-refractivity contribution in [3.63, 3.8) is 0 Å². The van der Waals surface area contributed by atoms with Gasteiger partial charge in [-0.15, -0.1) is 5.10 Å². The largest absolute Gasteiger partial charge is 0.477 e. The molecule has 0 aliphatic carbocycles. The van der Waals surface area contributed by atoms with E-state index in [0.29, 0.717) is 18.2 Å². The van der Waals surface area contributed by atoms with Crippen LogP contribution in [0.1, 0.15) is 19.3 Å². The van der Waals surface area contributed by atoms with Gasteiger partial charge in [0.2, 0.25) is 11.8 Å². The minimum absolute atomic E-state index is 0.0402. The molecule has 1 unspecified atom stereocenters. The fourth-order valence-electron chi connectivity index (χ4n) is 4.18. The third-order valence-electron chi connectivity index (χ3n) is 5.68. The lowest BCUT2D eigenvalue weighted by Crippen LogP contribution is -2.38. The van der Waals surface area contributed by atoms with Crippen LogP contribution in [0, 0.1) is 0 Å². The number of para-hydroxylation sites is 1. The predicted octanol–water partition coefficient (Wildman–Crippen LogP) is 3.55. The monoisotopic (exact) mass is 420 g/mol. The molecule has 4 heterocycles. The van der Waals surface area contributed by atoms with Gasteiger partial charge in [0.1, 0.15) is 17.9 Å². The van der Waals surface area contributed by atoms with E-state index in [0.717, 1.165) is 48.1 Å². The van der Waals surface area contributed by atoms with Crippen LogP contribution in [0.3, 0.4) is 0 Å². The molecular formula is C23H24N4O4. The summed E-state index contributed by atoms with van der Waals surface area (Å²) in [5.74, 6) is 1.26. The zero-order valence-corrected chi connectivity index (χ0v) is 17.4. The zero-order chi connectivity index (χ0) is 21.2. The predicted molar refractivity (Wildman–Crippen MR) is 115 cm³/mol. The van der Waals surface area contributed by atoms with Crippen molar-refractivity contribution < 1.29 is 18.7 Å². The second-order valence-electron chi connectivity index (χ2n) is 7.69. The maximum atomic E-state index is 12.2. The highest BCUT2D eigenvalue weighted by Gasteiger charge is 2.28. The van der Waals surface area contributed by atoms with Gasteiger partial charge in [0.25, 0.3) is 0 Å². The Morgan fingerprint density at radius 1 is 1.26 bits per heavy atom. The molecule has 3 aromatic heterocycles. The third kappa shape index (κ3) is 3.86. The van der Waals surface area contributed by atoms with Crippen LogP contribution in [0.2, 0.25) is 0 Å². The topological polar surface area (TPSA) is 82.1 Å². The molecule has 0 bridgehead atoms. The Balaban J connectivity index is 1.30. The van der Waals surface area contributed by atoms with Gasteiger partial charge in [-0.2, -0.15) is 0 Å². The summed E-state index contributed by atoms with van der Waals surface area (Å²) >= 11 is 0. The maximum Gasteiger partial charge on any atom is 0.248 e. The van der Waals surface area contributed by atoms with Crippen molar-refractivity contribution in [2.75, 3.05) is 26.9 Å². The first kappa shape index (κ1) is 19.6. The van der Waals surface area contributed by atoms with Crippen molar-refractivity contribution in [1.82, 2.24) is 19.5 Å². The molecule has 1 fully saturated rings. The molecule has 4 aromatic rings. The molecule has 0 spiro atoms. The lowest BCUT2D eigenvalue weighted by atomic mass is 10.1. The highest BCUT2D eigenvalue weighted by molar-refractivity contribution is 5.82. The summed E-state index contributed by atoms with van der Waals surface area (Å²) < 4.78 is 18.6. The van der Waals surface area contributed by atoms with Gasteiger partial charge in [-0.05, 0) is 31.0 Å². The molecule has 0 radical (unpaired) electrons. The zero-order valence-electron chi connectivity index (χ0n) is 17.4. The van der Waals surface area contributed by atoms with E-state index in [4.69, 9.17) is 13.9 Å². The Kier molecular flexibility index (Phi) is 5.30. The summed E-state index contributed by atoms with van der Waals surface area (Å²) in [7, 11) is 1.55. The fourth-order valence-corrected chi connectivity index (χ4v) is 4.18. The number of likely N-dealkylation sites (tertiary alicyclic amines) is 1. The molecule has 1 amide bonds. The normalized spacial score (nSPS) is 16.4. The average molecular weight is 420 g/mol. The third-order valence-corrected chi connectivity index (χ3v) is 5.68. The van der Waals surface area contributed by atoms with Crippen LogP contribution in [0.25, 0.3) is 28.1 Å². The Morgan fingerprint density at radius 2 is 2.16 bits per heavy atom. The number of nitrogens with zero attached hydrogens (tertiary/aromatic N) is 4. The molecule has 0 saturated carbocycles. The first-order chi connectivity index (χ1) is 15.2. The lowest BCUT2D eigenvalue weighted by molar-refractivity contribution is -0.136. The Labute approximate surface area is 179 Å². The Morgan fingerprint density at radius 3 is 3.03 bits per heavy atom. The van der Waals surface area contributed by atoms with Crippen LogP contribution < -0.4 is 4.74 Å².